The molecular weight excluding hydrogens is 457 g/mol. The van der Waals surface area contributed by atoms with Gasteiger partial charge in [0, 0.05) is 43.9 Å². The summed E-state index contributed by atoms with van der Waals surface area (Å²) in [5, 5.41) is 15.0. The van der Waals surface area contributed by atoms with Crippen LogP contribution in [0.15, 0.2) is 54.0 Å². The van der Waals surface area contributed by atoms with Crippen molar-refractivity contribution in [2.45, 2.75) is 19.2 Å². The molecule has 0 saturated heterocycles. The third kappa shape index (κ3) is 5.45. The van der Waals surface area contributed by atoms with Crippen LogP contribution in [0, 0.1) is 5.82 Å². The van der Waals surface area contributed by atoms with Crippen molar-refractivity contribution in [2.75, 3.05) is 25.7 Å². The second kappa shape index (κ2) is 10.6. The van der Waals surface area contributed by atoms with Gasteiger partial charge in [-0.05, 0) is 25.1 Å². The van der Waals surface area contributed by atoms with E-state index in [0.717, 1.165) is 5.56 Å². The summed E-state index contributed by atoms with van der Waals surface area (Å²) in [6.07, 6.45) is 6.68. The van der Waals surface area contributed by atoms with Gasteiger partial charge in [-0.15, -0.1) is 0 Å². The molecule has 2 atom stereocenters. The first-order valence-electron chi connectivity index (χ1n) is 10.8. The fraction of sp³-hybridized carbons (Fsp3) is 0.304. The Morgan fingerprint density at radius 3 is 2.71 bits per heavy atom. The average molecular weight is 484 g/mol. The van der Waals surface area contributed by atoms with E-state index in [1.807, 2.05) is 0 Å². The van der Waals surface area contributed by atoms with Crippen molar-refractivity contribution in [3.63, 3.8) is 0 Å². The zero-order valence-electron chi connectivity index (χ0n) is 19.5. The summed E-state index contributed by atoms with van der Waals surface area (Å²) in [5.74, 6) is -0.279. The van der Waals surface area contributed by atoms with Crippen LogP contribution in [0.25, 0.3) is 22.0 Å². The number of anilines is 1. The fourth-order valence-electron chi connectivity index (χ4n) is 3.43. The maximum atomic E-state index is 14.5. The highest BCUT2D eigenvalue weighted by Crippen LogP contribution is 2.22. The summed E-state index contributed by atoms with van der Waals surface area (Å²) >= 11 is 0. The maximum Gasteiger partial charge on any atom is 0.260 e. The van der Waals surface area contributed by atoms with E-state index in [0.29, 0.717) is 35.4 Å². The largest absolute Gasteiger partial charge is 0.490 e. The lowest BCUT2D eigenvalue weighted by Crippen LogP contribution is -2.42. The van der Waals surface area contributed by atoms with Crippen LogP contribution in [0.2, 0.25) is 0 Å². The van der Waals surface area contributed by atoms with Crippen LogP contribution >= 0.6 is 0 Å². The molecule has 3 N–H and O–H groups in total. The molecule has 0 saturated carbocycles. The van der Waals surface area contributed by atoms with Gasteiger partial charge < -0.3 is 24.6 Å². The van der Waals surface area contributed by atoms with Gasteiger partial charge in [0.15, 0.2) is 11.6 Å². The average Bonchev–Trinajstić information content (AvgIpc) is 3.29. The first-order chi connectivity index (χ1) is 16.9. The van der Waals surface area contributed by atoms with Gasteiger partial charge in [-0.3, -0.25) is 14.5 Å². The van der Waals surface area contributed by atoms with E-state index in [-0.39, 0.29) is 11.4 Å². The van der Waals surface area contributed by atoms with E-state index in [9.17, 15) is 14.3 Å². The number of aliphatic hydroxyl groups excluding tert-OH is 1. The summed E-state index contributed by atoms with van der Waals surface area (Å²) in [7, 11) is 3.33. The van der Waals surface area contributed by atoms with Gasteiger partial charge in [-0.25, -0.2) is 14.8 Å². The first-order valence-corrected chi connectivity index (χ1v) is 10.8. The van der Waals surface area contributed by atoms with E-state index < -0.39 is 18.1 Å². The zero-order valence-corrected chi connectivity index (χ0v) is 19.5. The number of pyridine rings is 3. The Balaban J connectivity index is 1.46. The Labute approximate surface area is 200 Å². The van der Waals surface area contributed by atoms with Crippen LogP contribution in [-0.4, -0.2) is 56.0 Å². The number of aryl methyl sites for hydroxylation is 1. The Hall–Kier alpha value is -3.87. The molecule has 1 unspecified atom stereocenters. The summed E-state index contributed by atoms with van der Waals surface area (Å²) in [4.78, 5) is 21.4. The molecule has 0 aromatic carbocycles. The van der Waals surface area contributed by atoms with Gasteiger partial charge in [0.05, 0.1) is 35.9 Å². The summed E-state index contributed by atoms with van der Waals surface area (Å²) < 4.78 is 28.0. The van der Waals surface area contributed by atoms with Crippen LogP contribution in [0.1, 0.15) is 13.0 Å². The number of hydrazine groups is 1. The number of hydrogen-bond donors (Lipinski definition) is 3. The predicted octanol–water partition coefficient (Wildman–Crippen LogP) is 1.85. The van der Waals surface area contributed by atoms with E-state index >= 15 is 0 Å². The van der Waals surface area contributed by atoms with Gasteiger partial charge in [0.1, 0.15) is 18.6 Å². The number of fused-ring (bicyclic) bond motifs is 1. The summed E-state index contributed by atoms with van der Waals surface area (Å²) in [6, 6.07) is 3.88. The SMILES string of the molecule is COCCOc1cnc2ccn([C@H](C)C(O)NNc3ncc(-c4cnn(C)c4)cc3F)c(=O)c2c1. The molecule has 0 fully saturated rings. The minimum absolute atomic E-state index is 0.100. The second-order valence-corrected chi connectivity index (χ2v) is 7.89. The van der Waals surface area contributed by atoms with Crippen LogP contribution in [0.3, 0.4) is 0 Å². The Bertz CT molecular complexity index is 1370. The van der Waals surface area contributed by atoms with Crippen molar-refractivity contribution in [2.24, 2.45) is 7.05 Å². The molecule has 12 heteroatoms. The number of hydrogen-bond acceptors (Lipinski definition) is 9. The molecular formula is C23H26FN7O4. The molecule has 0 aliphatic rings. The topological polar surface area (TPSA) is 128 Å². The minimum atomic E-state index is -1.25. The van der Waals surface area contributed by atoms with Gasteiger partial charge >= 0.3 is 0 Å². The van der Waals surface area contributed by atoms with Gasteiger partial charge in [0.25, 0.3) is 5.56 Å². The van der Waals surface area contributed by atoms with Crippen molar-refractivity contribution in [3.8, 4) is 16.9 Å². The van der Waals surface area contributed by atoms with Gasteiger partial charge in [-0.2, -0.15) is 5.10 Å². The number of aliphatic hydroxyl groups is 1. The van der Waals surface area contributed by atoms with Crippen LogP contribution in [0.4, 0.5) is 10.2 Å². The monoisotopic (exact) mass is 483 g/mol. The van der Waals surface area contributed by atoms with Crippen molar-refractivity contribution in [3.05, 3.63) is 65.4 Å². The van der Waals surface area contributed by atoms with E-state index in [4.69, 9.17) is 9.47 Å². The zero-order chi connectivity index (χ0) is 24.9. The lowest BCUT2D eigenvalue weighted by molar-refractivity contribution is 0.0932. The number of nitrogens with zero attached hydrogens (tertiary/aromatic N) is 5. The van der Waals surface area contributed by atoms with Crippen LogP contribution < -0.4 is 21.1 Å². The smallest absolute Gasteiger partial charge is 0.260 e. The van der Waals surface area contributed by atoms with Gasteiger partial charge in [0.2, 0.25) is 0 Å². The van der Waals surface area contributed by atoms with Gasteiger partial charge in [-0.1, -0.05) is 0 Å². The fourth-order valence-corrected chi connectivity index (χ4v) is 3.43. The Morgan fingerprint density at radius 1 is 1.17 bits per heavy atom. The molecule has 0 spiro atoms. The third-order valence-corrected chi connectivity index (χ3v) is 5.42. The molecule has 4 heterocycles. The quantitative estimate of drug-likeness (QED) is 0.176. The number of nitrogens with one attached hydrogen (secondary N) is 2. The molecule has 4 aromatic rings. The standard InChI is InChI=1S/C23H26FN7O4/c1-14(31-5-4-20-18(23(31)33)9-17(12-25-20)35-7-6-34-3)22(32)29-28-21-19(24)8-15(10-26-21)16-11-27-30(2)13-16/h4-5,8-14,22,29,32H,6-7H2,1-3H3,(H,26,28)/t14-,22?/m1/s1. The van der Waals surface area contributed by atoms with Crippen molar-refractivity contribution in [1.82, 2.24) is 29.7 Å². The molecule has 4 aromatic heterocycles. The summed E-state index contributed by atoms with van der Waals surface area (Å²) in [5.41, 5.74) is 6.61. The first kappa shape index (κ1) is 24.3. The molecule has 184 valence electrons. The molecule has 35 heavy (non-hydrogen) atoms. The van der Waals surface area contributed by atoms with E-state index in [1.54, 1.807) is 56.5 Å². The lowest BCUT2D eigenvalue weighted by atomic mass is 10.1. The number of ether oxygens (including phenoxy) is 2. The lowest BCUT2D eigenvalue weighted by Gasteiger charge is -2.23. The highest BCUT2D eigenvalue weighted by molar-refractivity contribution is 5.78. The molecule has 0 radical (unpaired) electrons. The Morgan fingerprint density at radius 2 is 2.00 bits per heavy atom. The highest BCUT2D eigenvalue weighted by Gasteiger charge is 2.19. The van der Waals surface area contributed by atoms with Crippen LogP contribution in [0.5, 0.6) is 5.75 Å². The molecule has 0 amide bonds. The van der Waals surface area contributed by atoms with Crippen molar-refractivity contribution in [1.29, 1.82) is 0 Å². The number of methoxy groups -OCH3 is 1. The third-order valence-electron chi connectivity index (χ3n) is 5.42. The number of halogens is 1. The maximum absolute atomic E-state index is 14.5. The van der Waals surface area contributed by atoms with E-state index in [2.05, 4.69) is 25.9 Å². The molecule has 0 aliphatic heterocycles. The van der Waals surface area contributed by atoms with E-state index in [1.165, 1.54) is 23.0 Å². The number of aromatic nitrogens is 5. The van der Waals surface area contributed by atoms with Crippen LogP contribution in [-0.2, 0) is 11.8 Å². The number of rotatable bonds is 10. The summed E-state index contributed by atoms with van der Waals surface area (Å²) in [6.45, 7) is 2.37. The van der Waals surface area contributed by atoms with Crippen molar-refractivity contribution < 1.29 is 19.0 Å². The molecule has 0 bridgehead atoms. The molecule has 4 rings (SSSR count). The normalized spacial score (nSPS) is 13.1. The predicted molar refractivity (Wildman–Crippen MR) is 127 cm³/mol. The molecule has 11 nitrogen and oxygen atoms in total. The Kier molecular flexibility index (Phi) is 7.34. The van der Waals surface area contributed by atoms with Crippen molar-refractivity contribution >= 4 is 16.7 Å². The minimum Gasteiger partial charge on any atom is -0.490 e. The highest BCUT2D eigenvalue weighted by atomic mass is 19.1. The second-order valence-electron chi connectivity index (χ2n) is 7.89. The molecule has 0 aliphatic carbocycles.